The van der Waals surface area contributed by atoms with Gasteiger partial charge in [-0.1, -0.05) is 24.3 Å². The van der Waals surface area contributed by atoms with Crippen LogP contribution >= 0.6 is 0 Å². The van der Waals surface area contributed by atoms with Gasteiger partial charge >= 0.3 is 0 Å². The Kier molecular flexibility index (Phi) is 3.72. The molecular weight excluding hydrogens is 248 g/mol. The first-order valence-corrected chi connectivity index (χ1v) is 7.40. The van der Waals surface area contributed by atoms with Gasteiger partial charge in [0.2, 0.25) is 0 Å². The van der Waals surface area contributed by atoms with E-state index in [9.17, 15) is 5.11 Å². The van der Waals surface area contributed by atoms with Crippen LogP contribution in [0.2, 0.25) is 0 Å². The Hall–Kier alpha value is -1.45. The van der Waals surface area contributed by atoms with Gasteiger partial charge in [-0.25, -0.2) is 0 Å². The van der Waals surface area contributed by atoms with Crippen molar-refractivity contribution < 1.29 is 5.11 Å². The Bertz CT molecular complexity index is 596. The van der Waals surface area contributed by atoms with Crippen molar-refractivity contribution in [3.63, 3.8) is 0 Å². The number of aliphatic hydroxyl groups is 1. The number of fused-ring (bicyclic) bond motifs is 1. The fourth-order valence-corrected chi connectivity index (χ4v) is 3.00. The predicted octanol–water partition coefficient (Wildman–Crippen LogP) is 2.48. The van der Waals surface area contributed by atoms with Crippen molar-refractivity contribution in [2.75, 3.05) is 13.1 Å². The summed E-state index contributed by atoms with van der Waals surface area (Å²) < 4.78 is 0. The zero-order chi connectivity index (χ0) is 14.1. The molecule has 3 heteroatoms. The lowest BCUT2D eigenvalue weighted by Crippen LogP contribution is -2.29. The average molecular weight is 270 g/mol. The fourth-order valence-electron chi connectivity index (χ4n) is 3.00. The van der Waals surface area contributed by atoms with Crippen LogP contribution in [-0.2, 0) is 6.42 Å². The molecule has 0 bridgehead atoms. The van der Waals surface area contributed by atoms with Crippen LogP contribution in [0.25, 0.3) is 10.9 Å². The Labute approximate surface area is 120 Å². The first-order valence-electron chi connectivity index (χ1n) is 7.40. The number of benzene rings is 1. The summed E-state index contributed by atoms with van der Waals surface area (Å²) >= 11 is 0. The number of para-hydroxylation sites is 1. The number of aliphatic hydroxyl groups excluding tert-OH is 1. The van der Waals surface area contributed by atoms with Crippen LogP contribution in [0.1, 0.15) is 19.5 Å². The zero-order valence-electron chi connectivity index (χ0n) is 12.2. The molecule has 0 radical (unpaired) electrons. The second-order valence-corrected chi connectivity index (χ2v) is 6.07. The highest BCUT2D eigenvalue weighted by Crippen LogP contribution is 2.23. The van der Waals surface area contributed by atoms with Crippen molar-refractivity contribution in [1.29, 1.82) is 0 Å². The average Bonchev–Trinajstić information content (AvgIpc) is 2.80. The molecule has 0 unspecified atom stereocenters. The number of hydrogen-bond donors (Lipinski definition) is 1. The third-order valence-electron chi connectivity index (χ3n) is 4.29. The minimum atomic E-state index is -0.231. The lowest BCUT2D eigenvalue weighted by Gasteiger charge is -2.19. The molecule has 1 N–H and O–H groups in total. The molecule has 106 valence electrons. The van der Waals surface area contributed by atoms with E-state index in [1.54, 1.807) is 0 Å². The van der Waals surface area contributed by atoms with E-state index in [4.69, 9.17) is 4.98 Å². The summed E-state index contributed by atoms with van der Waals surface area (Å²) in [7, 11) is 0. The smallest absolute Gasteiger partial charge is 0.0711 e. The van der Waals surface area contributed by atoms with E-state index in [-0.39, 0.29) is 6.10 Å². The maximum Gasteiger partial charge on any atom is 0.0711 e. The standard InChI is InChI=1S/C17H22N2O/c1-12(2)19-10-14(17(20)11-19)9-15-8-7-13-5-3-4-6-16(13)18-15/h3-8,12,14,17,20H,9-11H2,1-2H3/t14-,17-/m1/s1. The molecule has 0 aliphatic carbocycles. The van der Waals surface area contributed by atoms with Crippen molar-refractivity contribution >= 4 is 10.9 Å². The first-order chi connectivity index (χ1) is 9.63. The number of aromatic nitrogens is 1. The highest BCUT2D eigenvalue weighted by atomic mass is 16.3. The van der Waals surface area contributed by atoms with Gasteiger partial charge in [-0.05, 0) is 32.4 Å². The number of rotatable bonds is 3. The van der Waals surface area contributed by atoms with E-state index in [1.165, 1.54) is 5.39 Å². The van der Waals surface area contributed by atoms with Crippen LogP contribution in [0.4, 0.5) is 0 Å². The van der Waals surface area contributed by atoms with E-state index in [0.29, 0.717) is 12.0 Å². The fraction of sp³-hybridized carbons (Fsp3) is 0.471. The normalized spacial score (nSPS) is 23.8. The maximum absolute atomic E-state index is 10.2. The molecule has 1 aromatic carbocycles. The monoisotopic (exact) mass is 270 g/mol. The van der Waals surface area contributed by atoms with Gasteiger partial charge in [-0.2, -0.15) is 0 Å². The lowest BCUT2D eigenvalue weighted by atomic mass is 9.99. The third kappa shape index (κ3) is 2.69. The Morgan fingerprint density at radius 1 is 1.20 bits per heavy atom. The van der Waals surface area contributed by atoms with E-state index in [0.717, 1.165) is 30.7 Å². The zero-order valence-corrected chi connectivity index (χ0v) is 12.2. The quantitative estimate of drug-likeness (QED) is 0.931. The summed E-state index contributed by atoms with van der Waals surface area (Å²) in [4.78, 5) is 7.06. The van der Waals surface area contributed by atoms with Crippen molar-refractivity contribution in [1.82, 2.24) is 9.88 Å². The molecule has 1 aromatic heterocycles. The summed E-state index contributed by atoms with van der Waals surface area (Å²) in [6, 6.07) is 12.9. The van der Waals surface area contributed by atoms with Crippen LogP contribution in [0, 0.1) is 5.92 Å². The Morgan fingerprint density at radius 2 is 2.00 bits per heavy atom. The molecule has 3 rings (SSSR count). The highest BCUT2D eigenvalue weighted by Gasteiger charge is 2.32. The Morgan fingerprint density at radius 3 is 2.75 bits per heavy atom. The first kappa shape index (κ1) is 13.5. The van der Waals surface area contributed by atoms with Gasteiger partial charge in [0.05, 0.1) is 11.6 Å². The second kappa shape index (κ2) is 5.51. The molecule has 0 saturated carbocycles. The van der Waals surface area contributed by atoms with Crippen LogP contribution in [-0.4, -0.2) is 40.2 Å². The predicted molar refractivity (Wildman–Crippen MR) is 81.7 cm³/mol. The van der Waals surface area contributed by atoms with Gasteiger partial charge in [0.15, 0.2) is 0 Å². The van der Waals surface area contributed by atoms with Gasteiger partial charge in [-0.15, -0.1) is 0 Å². The molecule has 1 fully saturated rings. The van der Waals surface area contributed by atoms with Crippen LogP contribution in [0.15, 0.2) is 36.4 Å². The van der Waals surface area contributed by atoms with E-state index < -0.39 is 0 Å². The number of β-amino-alcohol motifs (C(OH)–C–C–N with tert-alkyl or cyclic N) is 1. The molecule has 3 nitrogen and oxygen atoms in total. The number of pyridine rings is 1. The third-order valence-corrected chi connectivity index (χ3v) is 4.29. The van der Waals surface area contributed by atoms with E-state index >= 15 is 0 Å². The highest BCUT2D eigenvalue weighted by molar-refractivity contribution is 5.78. The molecule has 1 saturated heterocycles. The molecule has 1 aliphatic rings. The molecule has 2 aromatic rings. The summed E-state index contributed by atoms with van der Waals surface area (Å²) in [5.41, 5.74) is 2.12. The van der Waals surface area contributed by atoms with Crippen LogP contribution in [0.3, 0.4) is 0 Å². The van der Waals surface area contributed by atoms with Gasteiger partial charge < -0.3 is 5.11 Å². The number of likely N-dealkylation sites (tertiary alicyclic amines) is 1. The number of nitrogens with zero attached hydrogens (tertiary/aromatic N) is 2. The SMILES string of the molecule is CC(C)N1C[C@@H](Cc2ccc3ccccc3n2)[C@H](O)C1. The molecule has 2 atom stereocenters. The summed E-state index contributed by atoms with van der Waals surface area (Å²) in [6.45, 7) is 6.12. The van der Waals surface area contributed by atoms with Crippen molar-refractivity contribution in [2.24, 2.45) is 5.92 Å². The largest absolute Gasteiger partial charge is 0.391 e. The Balaban J connectivity index is 1.76. The van der Waals surface area contributed by atoms with E-state index in [1.807, 2.05) is 18.2 Å². The van der Waals surface area contributed by atoms with Gasteiger partial charge in [0.25, 0.3) is 0 Å². The molecule has 0 amide bonds. The van der Waals surface area contributed by atoms with Crippen molar-refractivity contribution in [2.45, 2.75) is 32.4 Å². The minimum Gasteiger partial charge on any atom is -0.391 e. The van der Waals surface area contributed by atoms with Crippen molar-refractivity contribution in [3.05, 3.63) is 42.1 Å². The van der Waals surface area contributed by atoms with Gasteiger partial charge in [-0.3, -0.25) is 9.88 Å². The second-order valence-electron chi connectivity index (χ2n) is 6.07. The number of hydrogen-bond acceptors (Lipinski definition) is 3. The molecule has 0 spiro atoms. The van der Waals surface area contributed by atoms with Gasteiger partial charge in [0.1, 0.15) is 0 Å². The van der Waals surface area contributed by atoms with Gasteiger partial charge in [0, 0.05) is 36.1 Å². The van der Waals surface area contributed by atoms with Crippen molar-refractivity contribution in [3.8, 4) is 0 Å². The maximum atomic E-state index is 10.2. The summed E-state index contributed by atoms with van der Waals surface area (Å²) in [5.74, 6) is 0.297. The van der Waals surface area contributed by atoms with E-state index in [2.05, 4.69) is 36.9 Å². The van der Waals surface area contributed by atoms with Crippen LogP contribution in [0.5, 0.6) is 0 Å². The molecule has 2 heterocycles. The molecular formula is C17H22N2O. The van der Waals surface area contributed by atoms with Crippen LogP contribution < -0.4 is 0 Å². The lowest BCUT2D eigenvalue weighted by molar-refractivity contribution is 0.138. The topological polar surface area (TPSA) is 36.4 Å². The summed E-state index contributed by atoms with van der Waals surface area (Å²) in [6.07, 6.45) is 0.626. The summed E-state index contributed by atoms with van der Waals surface area (Å²) in [5, 5.41) is 11.4. The minimum absolute atomic E-state index is 0.231. The molecule has 1 aliphatic heterocycles. The molecule has 20 heavy (non-hydrogen) atoms.